The SMILES string of the molecule is O=C(CN1N=N[C@@H]2C(=O)N(c3cccc(F)c3)C(=O)[C@@H]21)Nc1ccc(Br)cc1. The van der Waals surface area contributed by atoms with E-state index in [1.165, 1.54) is 23.2 Å². The number of nitrogens with zero attached hydrogens (tertiary/aromatic N) is 4. The smallest absolute Gasteiger partial charge is 0.263 e. The van der Waals surface area contributed by atoms with Crippen molar-refractivity contribution in [3.63, 3.8) is 0 Å². The average molecular weight is 446 g/mol. The van der Waals surface area contributed by atoms with E-state index < -0.39 is 35.6 Å². The molecule has 28 heavy (non-hydrogen) atoms. The van der Waals surface area contributed by atoms with Gasteiger partial charge < -0.3 is 5.32 Å². The third-order valence-corrected chi connectivity index (χ3v) is 4.89. The molecule has 10 heteroatoms. The van der Waals surface area contributed by atoms with Crippen LogP contribution in [0.4, 0.5) is 15.8 Å². The van der Waals surface area contributed by atoms with Crippen LogP contribution < -0.4 is 10.2 Å². The van der Waals surface area contributed by atoms with Gasteiger partial charge in [-0.05, 0) is 42.5 Å². The van der Waals surface area contributed by atoms with Crippen LogP contribution in [0, 0.1) is 5.82 Å². The molecule has 0 bridgehead atoms. The highest BCUT2D eigenvalue weighted by molar-refractivity contribution is 9.10. The fraction of sp³-hybridized carbons (Fsp3) is 0.167. The van der Waals surface area contributed by atoms with Gasteiger partial charge in [-0.3, -0.25) is 19.4 Å². The van der Waals surface area contributed by atoms with E-state index >= 15 is 0 Å². The molecule has 2 atom stereocenters. The number of amides is 3. The molecule has 0 unspecified atom stereocenters. The minimum absolute atomic E-state index is 0.124. The number of carbonyl (C=O) groups is 3. The van der Waals surface area contributed by atoms with Gasteiger partial charge in [0, 0.05) is 10.2 Å². The normalized spacial score (nSPS) is 20.6. The van der Waals surface area contributed by atoms with Crippen LogP contribution in [0.15, 0.2) is 63.3 Å². The molecule has 8 nitrogen and oxygen atoms in total. The number of benzene rings is 2. The number of halogens is 2. The number of hydrogen-bond acceptors (Lipinski definition) is 6. The summed E-state index contributed by atoms with van der Waals surface area (Å²) < 4.78 is 14.4. The lowest BCUT2D eigenvalue weighted by atomic mass is 10.1. The molecule has 0 radical (unpaired) electrons. The first kappa shape index (κ1) is 18.2. The van der Waals surface area contributed by atoms with Gasteiger partial charge in [0.05, 0.1) is 5.69 Å². The Balaban J connectivity index is 1.49. The zero-order chi connectivity index (χ0) is 19.8. The van der Waals surface area contributed by atoms with E-state index in [-0.39, 0.29) is 12.2 Å². The first-order valence-electron chi connectivity index (χ1n) is 8.30. The second-order valence-corrected chi connectivity index (χ2v) is 7.15. The van der Waals surface area contributed by atoms with Crippen molar-refractivity contribution in [3.05, 3.63) is 58.8 Å². The van der Waals surface area contributed by atoms with Crippen LogP contribution in [0.1, 0.15) is 0 Å². The molecule has 1 N–H and O–H groups in total. The van der Waals surface area contributed by atoms with Crippen LogP contribution in [0.5, 0.6) is 0 Å². The molecule has 2 aliphatic heterocycles. The fourth-order valence-electron chi connectivity index (χ4n) is 3.10. The van der Waals surface area contributed by atoms with Gasteiger partial charge in [0.15, 0.2) is 12.1 Å². The van der Waals surface area contributed by atoms with Crippen LogP contribution in [0.2, 0.25) is 0 Å². The Morgan fingerprint density at radius 1 is 1.14 bits per heavy atom. The maximum absolute atomic E-state index is 13.5. The lowest BCUT2D eigenvalue weighted by Gasteiger charge is -2.20. The first-order valence-corrected chi connectivity index (χ1v) is 9.09. The molecule has 1 saturated heterocycles. The second-order valence-electron chi connectivity index (χ2n) is 6.24. The van der Waals surface area contributed by atoms with Crippen molar-refractivity contribution in [2.45, 2.75) is 12.1 Å². The standard InChI is InChI=1S/C18H13BrFN5O3/c19-10-4-6-12(7-5-10)21-14(26)9-24-16-15(22-23-24)17(27)25(18(16)28)13-3-1-2-11(20)8-13/h1-8,15-16H,9H2,(H,21,26)/t15-,16+/m0/s1. The number of hydrogen-bond donors (Lipinski definition) is 1. The van der Waals surface area contributed by atoms with E-state index in [0.717, 1.165) is 15.4 Å². The first-order chi connectivity index (χ1) is 13.4. The van der Waals surface area contributed by atoms with Crippen molar-refractivity contribution >= 4 is 45.0 Å². The summed E-state index contributed by atoms with van der Waals surface area (Å²) in [6.07, 6.45) is 0. The summed E-state index contributed by atoms with van der Waals surface area (Å²) in [4.78, 5) is 38.5. The molecule has 0 aromatic heterocycles. The minimum atomic E-state index is -1.05. The Hall–Kier alpha value is -3.14. The molecule has 1 fully saturated rings. The molecular weight excluding hydrogens is 433 g/mol. The van der Waals surface area contributed by atoms with Crippen molar-refractivity contribution in [2.75, 3.05) is 16.8 Å². The fourth-order valence-corrected chi connectivity index (χ4v) is 3.37. The number of imide groups is 1. The van der Waals surface area contributed by atoms with Crippen molar-refractivity contribution in [1.82, 2.24) is 5.01 Å². The Bertz CT molecular complexity index is 997. The molecule has 2 aromatic carbocycles. The highest BCUT2D eigenvalue weighted by Gasteiger charge is 2.55. The lowest BCUT2D eigenvalue weighted by molar-refractivity contribution is -0.123. The molecule has 2 heterocycles. The van der Waals surface area contributed by atoms with E-state index in [1.807, 2.05) is 0 Å². The van der Waals surface area contributed by atoms with E-state index in [9.17, 15) is 18.8 Å². The zero-order valence-corrected chi connectivity index (χ0v) is 15.8. The van der Waals surface area contributed by atoms with E-state index in [0.29, 0.717) is 5.69 Å². The van der Waals surface area contributed by atoms with E-state index in [4.69, 9.17) is 0 Å². The van der Waals surface area contributed by atoms with Gasteiger partial charge in [-0.25, -0.2) is 9.29 Å². The van der Waals surface area contributed by atoms with Crippen molar-refractivity contribution in [2.24, 2.45) is 10.3 Å². The van der Waals surface area contributed by atoms with Gasteiger partial charge in [-0.2, -0.15) is 5.11 Å². The van der Waals surface area contributed by atoms with Gasteiger partial charge >= 0.3 is 0 Å². The number of rotatable bonds is 4. The topological polar surface area (TPSA) is 94.4 Å². The summed E-state index contributed by atoms with van der Waals surface area (Å²) in [5, 5.41) is 11.5. The largest absolute Gasteiger partial charge is 0.324 e. The van der Waals surface area contributed by atoms with Gasteiger partial charge in [-0.15, -0.1) is 0 Å². The molecule has 0 spiro atoms. The maximum atomic E-state index is 13.5. The lowest BCUT2D eigenvalue weighted by Crippen LogP contribution is -2.43. The van der Waals surface area contributed by atoms with Gasteiger partial charge in [0.2, 0.25) is 5.91 Å². The summed E-state index contributed by atoms with van der Waals surface area (Å²) in [7, 11) is 0. The maximum Gasteiger partial charge on any atom is 0.263 e. The summed E-state index contributed by atoms with van der Waals surface area (Å²) in [5.41, 5.74) is 0.704. The Morgan fingerprint density at radius 3 is 2.61 bits per heavy atom. The zero-order valence-electron chi connectivity index (χ0n) is 14.3. The molecule has 142 valence electrons. The van der Waals surface area contributed by atoms with Gasteiger partial charge in [-0.1, -0.05) is 27.2 Å². The van der Waals surface area contributed by atoms with Crippen LogP contribution >= 0.6 is 15.9 Å². The Kier molecular flexibility index (Phi) is 4.63. The van der Waals surface area contributed by atoms with Crippen molar-refractivity contribution in [1.29, 1.82) is 0 Å². The van der Waals surface area contributed by atoms with E-state index in [2.05, 4.69) is 31.6 Å². The third-order valence-electron chi connectivity index (χ3n) is 4.36. The van der Waals surface area contributed by atoms with Crippen LogP contribution in [0.3, 0.4) is 0 Å². The van der Waals surface area contributed by atoms with Gasteiger partial charge in [0.1, 0.15) is 12.4 Å². The number of nitrogens with one attached hydrogen (secondary N) is 1. The van der Waals surface area contributed by atoms with Crippen molar-refractivity contribution in [3.8, 4) is 0 Å². The van der Waals surface area contributed by atoms with Crippen LogP contribution in [-0.2, 0) is 14.4 Å². The Labute approximate surface area is 167 Å². The highest BCUT2D eigenvalue weighted by Crippen LogP contribution is 2.32. The predicted octanol–water partition coefficient (Wildman–Crippen LogP) is 2.52. The highest BCUT2D eigenvalue weighted by atomic mass is 79.9. The summed E-state index contributed by atoms with van der Waals surface area (Å²) in [5.74, 6) is -2.17. The second kappa shape index (κ2) is 7.12. The number of carbonyl (C=O) groups excluding carboxylic acids is 3. The number of anilines is 2. The quantitative estimate of drug-likeness (QED) is 0.731. The van der Waals surface area contributed by atoms with Crippen molar-refractivity contribution < 1.29 is 18.8 Å². The van der Waals surface area contributed by atoms with Gasteiger partial charge in [0.25, 0.3) is 11.8 Å². The predicted molar refractivity (Wildman–Crippen MR) is 101 cm³/mol. The molecule has 4 rings (SSSR count). The summed E-state index contributed by atoms with van der Waals surface area (Å²) >= 11 is 3.31. The monoisotopic (exact) mass is 445 g/mol. The molecule has 2 aromatic rings. The molecule has 2 aliphatic rings. The Morgan fingerprint density at radius 2 is 1.89 bits per heavy atom. The molecule has 0 aliphatic carbocycles. The van der Waals surface area contributed by atoms with Crippen LogP contribution in [0.25, 0.3) is 0 Å². The third kappa shape index (κ3) is 3.26. The van der Waals surface area contributed by atoms with E-state index in [1.54, 1.807) is 24.3 Å². The molecule has 0 saturated carbocycles. The molecular formula is C18H13BrFN5O3. The average Bonchev–Trinajstić information content (AvgIpc) is 3.17. The summed E-state index contributed by atoms with van der Waals surface area (Å²) in [6.45, 7) is -0.253. The van der Waals surface area contributed by atoms with Crippen LogP contribution in [-0.4, -0.2) is 41.4 Å². The molecule has 3 amide bonds. The number of fused-ring (bicyclic) bond motifs is 1. The summed E-state index contributed by atoms with van der Waals surface area (Å²) in [6, 6.07) is 10.1. The minimum Gasteiger partial charge on any atom is -0.324 e.